The van der Waals surface area contributed by atoms with Crippen molar-refractivity contribution in [3.05, 3.63) is 59.4 Å². The Balaban J connectivity index is 2.01. The minimum Gasteiger partial charge on any atom is -0.206 e. The molecule has 0 radical (unpaired) electrons. The number of hydrogen-bond acceptors (Lipinski definition) is 1. The van der Waals surface area contributed by atoms with Crippen molar-refractivity contribution in [1.82, 2.24) is 0 Å². The van der Waals surface area contributed by atoms with Crippen LogP contribution in [0.15, 0.2) is 42.5 Å². The van der Waals surface area contributed by atoms with Crippen LogP contribution < -0.4 is 0 Å². The maximum atomic E-state index is 14.3. The van der Waals surface area contributed by atoms with Crippen LogP contribution in [0.3, 0.4) is 0 Å². The molecule has 114 valence electrons. The molecule has 0 heterocycles. The third kappa shape index (κ3) is 4.43. The summed E-state index contributed by atoms with van der Waals surface area (Å²) in [5.41, 5.74) is 3.06. The second-order valence-corrected chi connectivity index (χ2v) is 5.67. The summed E-state index contributed by atoms with van der Waals surface area (Å²) in [5.74, 6) is -0.184. The highest BCUT2D eigenvalue weighted by Gasteiger charge is 2.06. The Labute approximate surface area is 132 Å². The van der Waals surface area contributed by atoms with Crippen molar-refractivity contribution in [1.29, 1.82) is 5.26 Å². The van der Waals surface area contributed by atoms with Gasteiger partial charge in [-0.1, -0.05) is 56.9 Å². The monoisotopic (exact) mass is 295 g/mol. The summed E-state index contributed by atoms with van der Waals surface area (Å²) in [7, 11) is 0. The van der Waals surface area contributed by atoms with Crippen LogP contribution in [0.1, 0.15) is 50.2 Å². The lowest BCUT2D eigenvalue weighted by atomic mass is 9.99. The lowest BCUT2D eigenvalue weighted by Crippen LogP contribution is -1.91. The van der Waals surface area contributed by atoms with E-state index in [9.17, 15) is 4.39 Å². The molecule has 2 aromatic rings. The maximum absolute atomic E-state index is 14.3. The SMILES string of the molecule is CCCCCCCc1ccc(-c2ccc(C#N)cc2)c(F)c1. The first-order valence-electron chi connectivity index (χ1n) is 8.03. The molecule has 2 rings (SSSR count). The third-order valence-corrected chi connectivity index (χ3v) is 3.93. The Morgan fingerprint density at radius 2 is 1.68 bits per heavy atom. The summed E-state index contributed by atoms with van der Waals surface area (Å²) < 4.78 is 14.3. The Kier molecular flexibility index (Phi) is 6.15. The van der Waals surface area contributed by atoms with Crippen molar-refractivity contribution < 1.29 is 4.39 Å². The number of nitrogens with zero attached hydrogens (tertiary/aromatic N) is 1. The molecule has 0 unspecified atom stereocenters. The van der Waals surface area contributed by atoms with Gasteiger partial charge in [-0.15, -0.1) is 0 Å². The molecule has 0 aliphatic carbocycles. The van der Waals surface area contributed by atoms with Crippen LogP contribution in [0, 0.1) is 17.1 Å². The molecule has 0 bridgehead atoms. The number of hydrogen-bond donors (Lipinski definition) is 0. The van der Waals surface area contributed by atoms with E-state index >= 15 is 0 Å². The molecule has 0 N–H and O–H groups in total. The molecule has 2 aromatic carbocycles. The number of nitriles is 1. The van der Waals surface area contributed by atoms with Gasteiger partial charge in [0.2, 0.25) is 0 Å². The highest BCUT2D eigenvalue weighted by Crippen LogP contribution is 2.24. The normalized spacial score (nSPS) is 10.4. The molecule has 0 aliphatic rings. The van der Waals surface area contributed by atoms with Crippen LogP contribution in [0.5, 0.6) is 0 Å². The van der Waals surface area contributed by atoms with Gasteiger partial charge in [-0.05, 0) is 42.2 Å². The van der Waals surface area contributed by atoms with Crippen LogP contribution in [0.25, 0.3) is 11.1 Å². The van der Waals surface area contributed by atoms with Crippen LogP contribution in [0.2, 0.25) is 0 Å². The Hall–Kier alpha value is -2.14. The second-order valence-electron chi connectivity index (χ2n) is 5.67. The summed E-state index contributed by atoms with van der Waals surface area (Å²) in [5, 5.41) is 8.80. The van der Waals surface area contributed by atoms with E-state index in [0.29, 0.717) is 11.1 Å². The smallest absolute Gasteiger partial charge is 0.131 e. The third-order valence-electron chi connectivity index (χ3n) is 3.93. The zero-order valence-corrected chi connectivity index (χ0v) is 13.1. The van der Waals surface area contributed by atoms with Gasteiger partial charge in [-0.25, -0.2) is 4.39 Å². The topological polar surface area (TPSA) is 23.8 Å². The quantitative estimate of drug-likeness (QED) is 0.585. The summed E-state index contributed by atoms with van der Waals surface area (Å²) >= 11 is 0. The van der Waals surface area contributed by atoms with E-state index in [2.05, 4.69) is 13.0 Å². The average molecular weight is 295 g/mol. The largest absolute Gasteiger partial charge is 0.206 e. The molecule has 22 heavy (non-hydrogen) atoms. The first-order valence-corrected chi connectivity index (χ1v) is 8.03. The molecule has 0 atom stereocenters. The van der Waals surface area contributed by atoms with Gasteiger partial charge in [-0.2, -0.15) is 5.26 Å². The highest BCUT2D eigenvalue weighted by molar-refractivity contribution is 5.65. The van der Waals surface area contributed by atoms with Crippen LogP contribution >= 0.6 is 0 Å². The molecule has 0 fully saturated rings. The van der Waals surface area contributed by atoms with E-state index in [0.717, 1.165) is 24.0 Å². The Morgan fingerprint density at radius 1 is 0.955 bits per heavy atom. The summed E-state index contributed by atoms with van der Waals surface area (Å²) in [4.78, 5) is 0. The molecule has 0 saturated carbocycles. The molecule has 0 spiro atoms. The second kappa shape index (κ2) is 8.34. The predicted molar refractivity (Wildman–Crippen MR) is 89.0 cm³/mol. The lowest BCUT2D eigenvalue weighted by molar-refractivity contribution is 0.618. The van der Waals surface area contributed by atoms with E-state index in [1.165, 1.54) is 25.7 Å². The number of unbranched alkanes of at least 4 members (excludes halogenated alkanes) is 4. The van der Waals surface area contributed by atoms with Crippen molar-refractivity contribution in [3.63, 3.8) is 0 Å². The molecule has 1 nitrogen and oxygen atoms in total. The van der Waals surface area contributed by atoms with Crippen molar-refractivity contribution in [3.8, 4) is 17.2 Å². The minimum atomic E-state index is -0.184. The molecular weight excluding hydrogens is 273 g/mol. The van der Waals surface area contributed by atoms with Gasteiger partial charge in [0.1, 0.15) is 5.82 Å². The molecule has 0 aliphatic heterocycles. The van der Waals surface area contributed by atoms with Crippen molar-refractivity contribution >= 4 is 0 Å². The van der Waals surface area contributed by atoms with Gasteiger partial charge in [0.05, 0.1) is 11.6 Å². The van der Waals surface area contributed by atoms with Gasteiger partial charge in [-0.3, -0.25) is 0 Å². The molecular formula is C20H22FN. The fourth-order valence-corrected chi connectivity index (χ4v) is 2.61. The Morgan fingerprint density at radius 3 is 2.32 bits per heavy atom. The van der Waals surface area contributed by atoms with Crippen molar-refractivity contribution in [2.75, 3.05) is 0 Å². The fourth-order valence-electron chi connectivity index (χ4n) is 2.61. The maximum Gasteiger partial charge on any atom is 0.131 e. The lowest BCUT2D eigenvalue weighted by Gasteiger charge is -2.07. The van der Waals surface area contributed by atoms with E-state index in [1.807, 2.05) is 12.1 Å². The summed E-state index contributed by atoms with van der Waals surface area (Å²) in [6.45, 7) is 2.21. The van der Waals surface area contributed by atoms with Gasteiger partial charge in [0.15, 0.2) is 0 Å². The standard InChI is InChI=1S/C20H22FN/c1-2-3-4-5-6-7-16-10-13-19(20(21)14-16)18-11-8-17(15-22)9-12-18/h8-14H,2-7H2,1H3. The zero-order chi connectivity index (χ0) is 15.8. The number of aryl methyl sites for hydroxylation is 1. The van der Waals surface area contributed by atoms with Crippen molar-refractivity contribution in [2.45, 2.75) is 45.4 Å². The Bertz CT molecular complexity index is 638. The average Bonchev–Trinajstić information content (AvgIpc) is 2.55. The van der Waals surface area contributed by atoms with E-state index in [1.54, 1.807) is 30.3 Å². The molecule has 0 aromatic heterocycles. The number of rotatable bonds is 7. The van der Waals surface area contributed by atoms with E-state index in [-0.39, 0.29) is 5.82 Å². The summed E-state index contributed by atoms with van der Waals surface area (Å²) in [6.07, 6.45) is 7.07. The first-order chi connectivity index (χ1) is 10.7. The van der Waals surface area contributed by atoms with Crippen LogP contribution in [-0.4, -0.2) is 0 Å². The zero-order valence-electron chi connectivity index (χ0n) is 13.1. The van der Waals surface area contributed by atoms with Crippen molar-refractivity contribution in [2.24, 2.45) is 0 Å². The van der Waals surface area contributed by atoms with Gasteiger partial charge in [0, 0.05) is 5.56 Å². The fraction of sp³-hybridized carbons (Fsp3) is 0.350. The van der Waals surface area contributed by atoms with Gasteiger partial charge in [0.25, 0.3) is 0 Å². The number of halogens is 1. The highest BCUT2D eigenvalue weighted by atomic mass is 19.1. The van der Waals surface area contributed by atoms with E-state index < -0.39 is 0 Å². The molecule has 0 saturated heterocycles. The molecule has 0 amide bonds. The van der Waals surface area contributed by atoms with Gasteiger partial charge < -0.3 is 0 Å². The minimum absolute atomic E-state index is 0.184. The summed E-state index contributed by atoms with van der Waals surface area (Å²) in [6, 6.07) is 14.6. The first kappa shape index (κ1) is 16.2. The van der Waals surface area contributed by atoms with E-state index in [4.69, 9.17) is 5.26 Å². The number of benzene rings is 2. The van der Waals surface area contributed by atoms with Crippen LogP contribution in [0.4, 0.5) is 4.39 Å². The van der Waals surface area contributed by atoms with Crippen LogP contribution in [-0.2, 0) is 6.42 Å². The molecule has 2 heteroatoms. The predicted octanol–water partition coefficient (Wildman–Crippen LogP) is 5.88. The van der Waals surface area contributed by atoms with Gasteiger partial charge >= 0.3 is 0 Å².